The van der Waals surface area contributed by atoms with E-state index in [1.807, 2.05) is 61.5 Å². The van der Waals surface area contributed by atoms with Crippen molar-refractivity contribution >= 4 is 35.2 Å². The fourth-order valence-electron chi connectivity index (χ4n) is 3.20. The summed E-state index contributed by atoms with van der Waals surface area (Å²) in [5.41, 5.74) is 8.66. The summed E-state index contributed by atoms with van der Waals surface area (Å²) in [6.45, 7) is 1.98. The van der Waals surface area contributed by atoms with Gasteiger partial charge in [-0.1, -0.05) is 60.2 Å². The maximum Gasteiger partial charge on any atom is 0.287 e. The van der Waals surface area contributed by atoms with E-state index in [2.05, 4.69) is 26.4 Å². The third-order valence-electron chi connectivity index (χ3n) is 5.01. The summed E-state index contributed by atoms with van der Waals surface area (Å²) in [7, 11) is 0. The third kappa shape index (κ3) is 6.36. The fourth-order valence-corrected chi connectivity index (χ4v) is 4.05. The highest BCUT2D eigenvalue weighted by atomic mass is 32.2. The summed E-state index contributed by atoms with van der Waals surface area (Å²) in [6.07, 6.45) is 0. The Balaban J connectivity index is 1.33. The Morgan fingerprint density at radius 3 is 2.31 bits per heavy atom. The molecule has 0 spiro atoms. The van der Waals surface area contributed by atoms with Gasteiger partial charge in [-0.25, -0.2) is 0 Å². The topological polar surface area (TPSA) is 116 Å². The Kier molecular flexibility index (Phi) is 7.59. The molecule has 35 heavy (non-hydrogen) atoms. The second-order valence-corrected chi connectivity index (χ2v) is 8.66. The quantitative estimate of drug-likeness (QED) is 0.231. The number of nitrogens with one attached hydrogen (secondary N) is 4. The van der Waals surface area contributed by atoms with Crippen LogP contribution in [-0.4, -0.2) is 33.7 Å². The van der Waals surface area contributed by atoms with Crippen molar-refractivity contribution in [2.24, 2.45) is 0 Å². The smallest absolute Gasteiger partial charge is 0.287 e. The molecule has 9 heteroatoms. The van der Waals surface area contributed by atoms with Gasteiger partial charge in [0, 0.05) is 16.1 Å². The molecule has 0 atom stereocenters. The van der Waals surface area contributed by atoms with Crippen molar-refractivity contribution < 1.29 is 14.4 Å². The van der Waals surface area contributed by atoms with E-state index >= 15 is 0 Å². The number of carbonyl (C=O) groups excluding carboxylic acids is 3. The first-order chi connectivity index (χ1) is 17.0. The molecule has 0 saturated carbocycles. The molecule has 8 nitrogen and oxygen atoms in total. The molecule has 0 saturated heterocycles. The van der Waals surface area contributed by atoms with Crippen molar-refractivity contribution in [2.45, 2.75) is 11.8 Å². The van der Waals surface area contributed by atoms with Gasteiger partial charge in [-0.3, -0.25) is 30.3 Å². The number of rotatable bonds is 7. The maximum atomic E-state index is 12.7. The molecule has 0 aliphatic rings. The molecule has 0 radical (unpaired) electrons. The van der Waals surface area contributed by atoms with Crippen molar-refractivity contribution in [2.75, 3.05) is 11.1 Å². The summed E-state index contributed by atoms with van der Waals surface area (Å²) in [6, 6.07) is 25.4. The predicted octanol–water partition coefficient (Wildman–Crippen LogP) is 4.19. The van der Waals surface area contributed by atoms with E-state index in [1.54, 1.807) is 30.3 Å². The van der Waals surface area contributed by atoms with E-state index in [9.17, 15) is 14.4 Å². The van der Waals surface area contributed by atoms with Crippen LogP contribution in [0.15, 0.2) is 89.8 Å². The molecule has 4 N–H and O–H groups in total. The minimum absolute atomic E-state index is 0.126. The van der Waals surface area contributed by atoms with E-state index in [0.29, 0.717) is 21.8 Å². The highest BCUT2D eigenvalue weighted by molar-refractivity contribution is 8.00. The predicted molar refractivity (Wildman–Crippen MR) is 136 cm³/mol. The zero-order valence-corrected chi connectivity index (χ0v) is 19.7. The second kappa shape index (κ2) is 11.2. The van der Waals surface area contributed by atoms with E-state index < -0.39 is 11.8 Å². The summed E-state index contributed by atoms with van der Waals surface area (Å²) in [5, 5.41) is 9.65. The van der Waals surface area contributed by atoms with Crippen molar-refractivity contribution in [1.82, 2.24) is 21.0 Å². The average Bonchev–Trinajstić information content (AvgIpc) is 3.38. The van der Waals surface area contributed by atoms with Crippen LogP contribution in [0.2, 0.25) is 0 Å². The molecule has 176 valence electrons. The number of hydrogen-bond acceptors (Lipinski definition) is 5. The SMILES string of the molecule is Cc1ccc(NC(=O)CSc2ccccc2C(=O)NNC(=O)c2cc(-c3ccccc3)n[nH]2)cc1. The average molecular weight is 486 g/mol. The number of H-pyrrole nitrogens is 1. The van der Waals surface area contributed by atoms with Gasteiger partial charge in [0.25, 0.3) is 11.8 Å². The van der Waals surface area contributed by atoms with Gasteiger partial charge in [-0.2, -0.15) is 5.10 Å². The highest BCUT2D eigenvalue weighted by Gasteiger charge is 2.16. The maximum absolute atomic E-state index is 12.7. The first kappa shape index (κ1) is 23.8. The lowest BCUT2D eigenvalue weighted by atomic mass is 10.1. The van der Waals surface area contributed by atoms with Crippen LogP contribution in [0.5, 0.6) is 0 Å². The van der Waals surface area contributed by atoms with E-state index in [0.717, 1.165) is 11.1 Å². The van der Waals surface area contributed by atoms with E-state index in [4.69, 9.17) is 0 Å². The van der Waals surface area contributed by atoms with Gasteiger partial charge >= 0.3 is 0 Å². The molecule has 3 amide bonds. The molecule has 0 fully saturated rings. The van der Waals surface area contributed by atoms with Crippen molar-refractivity contribution in [3.8, 4) is 11.3 Å². The zero-order valence-electron chi connectivity index (χ0n) is 18.9. The van der Waals surface area contributed by atoms with E-state index in [-0.39, 0.29) is 17.4 Å². The fraction of sp³-hybridized carbons (Fsp3) is 0.0769. The molecule has 0 unspecified atom stereocenters. The number of thioether (sulfide) groups is 1. The van der Waals surface area contributed by atoms with E-state index in [1.165, 1.54) is 11.8 Å². The van der Waals surface area contributed by atoms with Gasteiger partial charge in [-0.15, -0.1) is 11.8 Å². The molecule has 0 aliphatic carbocycles. The monoisotopic (exact) mass is 485 g/mol. The molecule has 0 bridgehead atoms. The van der Waals surface area contributed by atoms with Crippen molar-refractivity contribution in [3.05, 3.63) is 102 Å². The Labute approximate surface area is 206 Å². The van der Waals surface area contributed by atoms with Gasteiger partial charge in [0.2, 0.25) is 5.91 Å². The van der Waals surface area contributed by atoms with Crippen LogP contribution in [0.25, 0.3) is 11.3 Å². The number of carbonyl (C=O) groups is 3. The number of anilines is 1. The zero-order chi connectivity index (χ0) is 24.6. The number of benzene rings is 3. The summed E-state index contributed by atoms with van der Waals surface area (Å²) < 4.78 is 0. The number of aryl methyl sites for hydroxylation is 1. The van der Waals surface area contributed by atoms with Crippen LogP contribution in [0, 0.1) is 6.92 Å². The Bertz CT molecular complexity index is 1340. The van der Waals surface area contributed by atoms with Crippen molar-refractivity contribution in [1.29, 1.82) is 0 Å². The molecule has 3 aromatic carbocycles. The first-order valence-corrected chi connectivity index (χ1v) is 11.8. The number of hydrogen-bond donors (Lipinski definition) is 4. The van der Waals surface area contributed by atoms with Crippen LogP contribution >= 0.6 is 11.8 Å². The molecule has 1 aromatic heterocycles. The van der Waals surface area contributed by atoms with Crippen LogP contribution in [0.1, 0.15) is 26.4 Å². The summed E-state index contributed by atoms with van der Waals surface area (Å²) in [5.74, 6) is -1.09. The van der Waals surface area contributed by atoms with Crippen LogP contribution in [0.4, 0.5) is 5.69 Å². The van der Waals surface area contributed by atoms with Crippen molar-refractivity contribution in [3.63, 3.8) is 0 Å². The van der Waals surface area contributed by atoms with Gasteiger partial charge in [0.1, 0.15) is 5.69 Å². The Hall–Kier alpha value is -4.37. The Morgan fingerprint density at radius 2 is 1.54 bits per heavy atom. The lowest BCUT2D eigenvalue weighted by Crippen LogP contribution is -2.42. The number of nitrogens with zero attached hydrogens (tertiary/aromatic N) is 1. The number of hydrazine groups is 1. The third-order valence-corrected chi connectivity index (χ3v) is 6.08. The second-order valence-electron chi connectivity index (χ2n) is 7.64. The summed E-state index contributed by atoms with van der Waals surface area (Å²) >= 11 is 1.24. The Morgan fingerprint density at radius 1 is 0.857 bits per heavy atom. The number of amides is 3. The normalized spacial score (nSPS) is 10.4. The van der Waals surface area contributed by atoms with Crippen LogP contribution < -0.4 is 16.2 Å². The van der Waals surface area contributed by atoms with Gasteiger partial charge in [-0.05, 0) is 37.3 Å². The number of aromatic amines is 1. The molecule has 1 heterocycles. The molecule has 0 aliphatic heterocycles. The molecular formula is C26H23N5O3S. The van der Waals surface area contributed by atoms with Gasteiger partial charge in [0.15, 0.2) is 0 Å². The largest absolute Gasteiger partial charge is 0.325 e. The molecular weight excluding hydrogens is 462 g/mol. The molecule has 4 aromatic rings. The minimum Gasteiger partial charge on any atom is -0.325 e. The van der Waals surface area contributed by atoms with Gasteiger partial charge in [0.05, 0.1) is 17.0 Å². The van der Waals surface area contributed by atoms with Crippen LogP contribution in [0.3, 0.4) is 0 Å². The van der Waals surface area contributed by atoms with Crippen LogP contribution in [-0.2, 0) is 4.79 Å². The minimum atomic E-state index is -0.532. The highest BCUT2D eigenvalue weighted by Crippen LogP contribution is 2.23. The lowest BCUT2D eigenvalue weighted by molar-refractivity contribution is -0.113. The lowest BCUT2D eigenvalue weighted by Gasteiger charge is -2.11. The van der Waals surface area contributed by atoms with Gasteiger partial charge < -0.3 is 5.32 Å². The molecule has 4 rings (SSSR count). The standard InChI is InChI=1S/C26H23N5O3S/c1-17-11-13-19(14-12-17)27-24(32)16-35-23-10-6-5-9-20(23)25(33)30-31-26(34)22-15-21(28-29-22)18-7-3-2-4-8-18/h2-15H,16H2,1H3,(H,27,32)(H,28,29)(H,30,33)(H,31,34). The summed E-state index contributed by atoms with van der Waals surface area (Å²) in [4.78, 5) is 38.1. The number of aromatic nitrogens is 2. The first-order valence-electron chi connectivity index (χ1n) is 10.8.